The molecule has 0 fully saturated rings. The number of methoxy groups -OCH3 is 3. The Morgan fingerprint density at radius 3 is 2.20 bits per heavy atom. The summed E-state index contributed by atoms with van der Waals surface area (Å²) in [6.45, 7) is 0. The van der Waals surface area contributed by atoms with Crippen molar-refractivity contribution in [2.45, 2.75) is 17.7 Å². The lowest BCUT2D eigenvalue weighted by Gasteiger charge is -2.14. The minimum atomic E-state index is -0.0389. The van der Waals surface area contributed by atoms with Gasteiger partial charge in [0.1, 0.15) is 0 Å². The third-order valence-electron chi connectivity index (χ3n) is 3.51. The molecule has 6 heteroatoms. The van der Waals surface area contributed by atoms with E-state index in [0.717, 1.165) is 12.2 Å². The first-order chi connectivity index (χ1) is 12.2. The van der Waals surface area contributed by atoms with Crippen molar-refractivity contribution in [2.75, 3.05) is 32.4 Å². The Balaban J connectivity index is 1.87. The fourth-order valence-corrected chi connectivity index (χ4v) is 3.19. The summed E-state index contributed by atoms with van der Waals surface area (Å²) >= 11 is 1.75. The number of carbonyl (C=O) groups excluding carboxylic acids is 1. The number of thioether (sulfide) groups is 1. The fraction of sp³-hybridized carbons (Fsp3) is 0.316. The Labute approximate surface area is 152 Å². The first-order valence-corrected chi connectivity index (χ1v) is 8.94. The normalized spacial score (nSPS) is 10.2. The summed E-state index contributed by atoms with van der Waals surface area (Å²) < 4.78 is 15.9. The Hall–Kier alpha value is -2.34. The van der Waals surface area contributed by atoms with Crippen molar-refractivity contribution in [1.82, 2.24) is 0 Å². The van der Waals surface area contributed by atoms with Gasteiger partial charge in [-0.3, -0.25) is 4.79 Å². The van der Waals surface area contributed by atoms with E-state index in [0.29, 0.717) is 29.4 Å². The number of hydrogen-bond acceptors (Lipinski definition) is 5. The highest BCUT2D eigenvalue weighted by molar-refractivity contribution is 7.99. The monoisotopic (exact) mass is 361 g/mol. The molecule has 0 bridgehead atoms. The second-order valence-corrected chi connectivity index (χ2v) is 6.40. The van der Waals surface area contributed by atoms with E-state index in [2.05, 4.69) is 17.4 Å². The van der Waals surface area contributed by atoms with Crippen LogP contribution in [-0.4, -0.2) is 33.0 Å². The summed E-state index contributed by atoms with van der Waals surface area (Å²) in [7, 11) is 4.64. The molecular weight excluding hydrogens is 338 g/mol. The molecule has 5 nitrogen and oxygen atoms in total. The fourth-order valence-electron chi connectivity index (χ4n) is 2.32. The van der Waals surface area contributed by atoms with Gasteiger partial charge in [-0.1, -0.05) is 18.2 Å². The number of nitrogens with one attached hydrogen (secondary N) is 1. The summed E-state index contributed by atoms with van der Waals surface area (Å²) in [6.07, 6.45) is 1.26. The van der Waals surface area contributed by atoms with Crippen LogP contribution in [0.4, 0.5) is 5.69 Å². The Morgan fingerprint density at radius 1 is 1.00 bits per heavy atom. The molecule has 134 valence electrons. The molecular formula is C19H23NO4S. The number of hydrogen-bond donors (Lipinski definition) is 1. The van der Waals surface area contributed by atoms with Crippen molar-refractivity contribution >= 4 is 23.4 Å². The maximum Gasteiger partial charge on any atom is 0.224 e. The smallest absolute Gasteiger partial charge is 0.224 e. The van der Waals surface area contributed by atoms with Gasteiger partial charge in [0.05, 0.1) is 21.3 Å². The van der Waals surface area contributed by atoms with Crippen LogP contribution in [0.15, 0.2) is 47.4 Å². The molecule has 1 N–H and O–H groups in total. The van der Waals surface area contributed by atoms with Gasteiger partial charge in [0, 0.05) is 29.1 Å². The number of rotatable bonds is 9. The molecule has 0 spiro atoms. The van der Waals surface area contributed by atoms with Crippen molar-refractivity contribution < 1.29 is 19.0 Å². The highest BCUT2D eigenvalue weighted by Crippen LogP contribution is 2.39. The summed E-state index contributed by atoms with van der Waals surface area (Å²) in [5.41, 5.74) is 0.621. The molecule has 0 saturated heterocycles. The first-order valence-electron chi connectivity index (χ1n) is 7.95. The van der Waals surface area contributed by atoms with E-state index in [4.69, 9.17) is 14.2 Å². The molecule has 1 amide bonds. The van der Waals surface area contributed by atoms with E-state index in [1.807, 2.05) is 18.2 Å². The van der Waals surface area contributed by atoms with Gasteiger partial charge in [0.15, 0.2) is 11.5 Å². The van der Waals surface area contributed by atoms with Gasteiger partial charge in [-0.05, 0) is 24.3 Å². The second-order valence-electron chi connectivity index (χ2n) is 5.23. The van der Waals surface area contributed by atoms with E-state index >= 15 is 0 Å². The number of carbonyl (C=O) groups is 1. The van der Waals surface area contributed by atoms with Crippen molar-refractivity contribution in [2.24, 2.45) is 0 Å². The zero-order valence-corrected chi connectivity index (χ0v) is 15.5. The number of amides is 1. The molecule has 0 unspecified atom stereocenters. The summed E-state index contributed by atoms with van der Waals surface area (Å²) in [5, 5.41) is 2.88. The van der Waals surface area contributed by atoms with Gasteiger partial charge in [0.25, 0.3) is 0 Å². The molecule has 0 aliphatic heterocycles. The third kappa shape index (κ3) is 5.60. The average Bonchev–Trinajstić information content (AvgIpc) is 2.65. The molecule has 2 aromatic carbocycles. The molecule has 25 heavy (non-hydrogen) atoms. The predicted octanol–water partition coefficient (Wildman–Crippen LogP) is 4.22. The first kappa shape index (κ1) is 19.0. The minimum Gasteiger partial charge on any atom is -0.493 e. The molecule has 2 aromatic rings. The highest BCUT2D eigenvalue weighted by atomic mass is 32.2. The third-order valence-corrected chi connectivity index (χ3v) is 4.61. The van der Waals surface area contributed by atoms with E-state index in [1.54, 1.807) is 45.2 Å². The predicted molar refractivity (Wildman–Crippen MR) is 101 cm³/mol. The zero-order chi connectivity index (χ0) is 18.1. The molecule has 0 saturated carbocycles. The van der Waals surface area contributed by atoms with Crippen LogP contribution in [0.5, 0.6) is 17.2 Å². The average molecular weight is 361 g/mol. The van der Waals surface area contributed by atoms with E-state index in [1.165, 1.54) is 4.90 Å². The van der Waals surface area contributed by atoms with Crippen molar-refractivity contribution in [3.05, 3.63) is 42.5 Å². The van der Waals surface area contributed by atoms with Gasteiger partial charge < -0.3 is 19.5 Å². The topological polar surface area (TPSA) is 56.8 Å². The molecule has 2 rings (SSSR count). The van der Waals surface area contributed by atoms with Gasteiger partial charge in [-0.25, -0.2) is 0 Å². The number of anilines is 1. The molecule has 0 radical (unpaired) electrons. The van der Waals surface area contributed by atoms with Crippen LogP contribution in [0.2, 0.25) is 0 Å². The van der Waals surface area contributed by atoms with Gasteiger partial charge in [-0.15, -0.1) is 11.8 Å². The molecule has 0 aliphatic carbocycles. The largest absolute Gasteiger partial charge is 0.493 e. The standard InChI is InChI=1S/C19H23NO4S/c1-22-16-12-14(13-17(23-2)19(16)24-3)20-18(21)10-7-11-25-15-8-5-4-6-9-15/h4-6,8-9,12-13H,7,10-11H2,1-3H3,(H,20,21). The molecule has 0 atom stereocenters. The maximum absolute atomic E-state index is 12.1. The highest BCUT2D eigenvalue weighted by Gasteiger charge is 2.14. The zero-order valence-electron chi connectivity index (χ0n) is 14.7. The summed E-state index contributed by atoms with van der Waals surface area (Å²) in [6, 6.07) is 13.6. The van der Waals surface area contributed by atoms with Crippen LogP contribution in [0.3, 0.4) is 0 Å². The maximum atomic E-state index is 12.1. The van der Waals surface area contributed by atoms with Crippen molar-refractivity contribution in [1.29, 1.82) is 0 Å². The summed E-state index contributed by atoms with van der Waals surface area (Å²) in [5.74, 6) is 2.38. The molecule has 0 aromatic heterocycles. The lowest BCUT2D eigenvalue weighted by atomic mass is 10.2. The second kappa shape index (κ2) is 9.84. The van der Waals surface area contributed by atoms with Gasteiger partial charge in [0.2, 0.25) is 11.7 Å². The van der Waals surface area contributed by atoms with E-state index in [9.17, 15) is 4.79 Å². The lowest BCUT2D eigenvalue weighted by molar-refractivity contribution is -0.116. The SMILES string of the molecule is COc1cc(NC(=O)CCCSc2ccccc2)cc(OC)c1OC. The summed E-state index contributed by atoms with van der Waals surface area (Å²) in [4.78, 5) is 13.4. The van der Waals surface area contributed by atoms with Crippen molar-refractivity contribution in [3.8, 4) is 17.2 Å². The van der Waals surface area contributed by atoms with Crippen LogP contribution >= 0.6 is 11.8 Å². The van der Waals surface area contributed by atoms with Gasteiger partial charge >= 0.3 is 0 Å². The van der Waals surface area contributed by atoms with E-state index < -0.39 is 0 Å². The number of ether oxygens (including phenoxy) is 3. The lowest BCUT2D eigenvalue weighted by Crippen LogP contribution is -2.12. The molecule has 0 heterocycles. The Kier molecular flexibility index (Phi) is 7.47. The van der Waals surface area contributed by atoms with Crippen LogP contribution in [0.1, 0.15) is 12.8 Å². The van der Waals surface area contributed by atoms with E-state index in [-0.39, 0.29) is 5.91 Å². The number of benzene rings is 2. The Bertz CT molecular complexity index is 666. The molecule has 0 aliphatic rings. The quantitative estimate of drug-likeness (QED) is 0.535. The Morgan fingerprint density at radius 2 is 1.64 bits per heavy atom. The van der Waals surface area contributed by atoms with Crippen LogP contribution < -0.4 is 19.5 Å². The van der Waals surface area contributed by atoms with Crippen molar-refractivity contribution in [3.63, 3.8) is 0 Å². The van der Waals surface area contributed by atoms with Crippen LogP contribution in [0, 0.1) is 0 Å². The minimum absolute atomic E-state index is 0.0389. The van der Waals surface area contributed by atoms with Crippen LogP contribution in [-0.2, 0) is 4.79 Å². The van der Waals surface area contributed by atoms with Crippen LogP contribution in [0.25, 0.3) is 0 Å². The van der Waals surface area contributed by atoms with Gasteiger partial charge in [-0.2, -0.15) is 0 Å².